The van der Waals surface area contributed by atoms with Crippen LogP contribution in [-0.4, -0.2) is 43.2 Å². The summed E-state index contributed by atoms with van der Waals surface area (Å²) < 4.78 is 18.7. The zero-order valence-electron chi connectivity index (χ0n) is 18.0. The van der Waals surface area contributed by atoms with E-state index in [9.17, 15) is 9.59 Å². The van der Waals surface area contributed by atoms with Crippen molar-refractivity contribution in [2.75, 3.05) is 18.9 Å². The molecule has 2 rings (SSSR count). The summed E-state index contributed by atoms with van der Waals surface area (Å²) in [6.07, 6.45) is 5.22. The first-order valence-electron chi connectivity index (χ1n) is 9.65. The second-order valence-electron chi connectivity index (χ2n) is 8.38. The molecule has 0 aliphatic carbocycles. The fourth-order valence-corrected chi connectivity index (χ4v) is 3.48. The van der Waals surface area contributed by atoms with Crippen LogP contribution in [0.5, 0.6) is 0 Å². The molecule has 0 saturated heterocycles. The van der Waals surface area contributed by atoms with E-state index in [1.807, 2.05) is 0 Å². The molecule has 8 nitrogen and oxygen atoms in total. The molecule has 2 heterocycles. The molecule has 0 saturated carbocycles. The molecule has 1 aromatic heterocycles. The van der Waals surface area contributed by atoms with Gasteiger partial charge in [0, 0.05) is 12.3 Å². The van der Waals surface area contributed by atoms with Crippen molar-refractivity contribution in [2.24, 2.45) is 0 Å². The molecule has 0 aromatic carbocycles. The predicted molar refractivity (Wildman–Crippen MR) is 114 cm³/mol. The van der Waals surface area contributed by atoms with Crippen molar-refractivity contribution in [2.45, 2.75) is 58.2 Å². The number of aromatic nitrogens is 2. The molecule has 0 fully saturated rings. The number of carbonyl (C=O) groups excluding carboxylic acids is 1. The summed E-state index contributed by atoms with van der Waals surface area (Å²) in [6.45, 7) is 13.2. The highest BCUT2D eigenvalue weighted by molar-refractivity contribution is 6.74. The number of carbonyl (C=O) groups is 1. The number of nitrogens with two attached hydrogens (primary N) is 1. The molecule has 160 valence electrons. The highest BCUT2D eigenvalue weighted by atomic mass is 28.4. The van der Waals surface area contributed by atoms with Gasteiger partial charge in [-0.05, 0) is 48.8 Å². The second-order valence-corrected chi connectivity index (χ2v) is 13.2. The zero-order chi connectivity index (χ0) is 21.8. The Morgan fingerprint density at radius 3 is 2.69 bits per heavy atom. The lowest BCUT2D eigenvalue weighted by molar-refractivity contribution is -0.137. The van der Waals surface area contributed by atoms with Crippen molar-refractivity contribution in [1.29, 1.82) is 0 Å². The maximum Gasteiger partial charge on any atom is 0.351 e. The average molecular weight is 422 g/mol. The van der Waals surface area contributed by atoms with E-state index in [0.29, 0.717) is 13.2 Å². The van der Waals surface area contributed by atoms with Gasteiger partial charge >= 0.3 is 11.7 Å². The first-order valence-corrected chi connectivity index (χ1v) is 12.6. The molecule has 1 aliphatic rings. The third kappa shape index (κ3) is 5.88. The monoisotopic (exact) mass is 421 g/mol. The Labute approximate surface area is 172 Å². The largest absolute Gasteiger partial charge is 0.463 e. The van der Waals surface area contributed by atoms with E-state index in [-0.39, 0.29) is 10.9 Å². The number of rotatable bonds is 7. The van der Waals surface area contributed by atoms with Gasteiger partial charge in [-0.1, -0.05) is 20.8 Å². The van der Waals surface area contributed by atoms with E-state index in [1.165, 1.54) is 22.9 Å². The molecular weight excluding hydrogens is 390 g/mol. The van der Waals surface area contributed by atoms with Gasteiger partial charge in [-0.3, -0.25) is 4.57 Å². The number of anilines is 1. The number of nitrogens with zero attached hydrogens (tertiary/aromatic N) is 2. The molecule has 0 amide bonds. The molecule has 0 bridgehead atoms. The van der Waals surface area contributed by atoms with Crippen molar-refractivity contribution < 1.29 is 18.7 Å². The summed E-state index contributed by atoms with van der Waals surface area (Å²) >= 11 is 0. The van der Waals surface area contributed by atoms with Gasteiger partial charge in [0.05, 0.1) is 13.2 Å². The van der Waals surface area contributed by atoms with Gasteiger partial charge in [-0.25, -0.2) is 9.59 Å². The van der Waals surface area contributed by atoms with Gasteiger partial charge < -0.3 is 19.6 Å². The lowest BCUT2D eigenvalue weighted by atomic mass is 10.1. The third-order valence-corrected chi connectivity index (χ3v) is 9.74. The van der Waals surface area contributed by atoms with Gasteiger partial charge in [-0.15, -0.1) is 0 Å². The standard InChI is InChI=1S/C20H31N3O5Si/c1-7-26-18(24)9-8-14-12-17(23-11-10-16(21)22-19(23)25)28-15(14)13-27-29(5,6)20(2,3)4/h8-12,15,17H,7,13H2,1-6H3,(H2,21,22,25)/t15-,17-/m1/s1. The van der Waals surface area contributed by atoms with Crippen LogP contribution in [0, 0.1) is 0 Å². The summed E-state index contributed by atoms with van der Waals surface area (Å²) in [4.78, 5) is 27.6. The minimum atomic E-state index is -2.00. The van der Waals surface area contributed by atoms with Gasteiger partial charge in [0.2, 0.25) is 0 Å². The molecule has 1 aliphatic heterocycles. The van der Waals surface area contributed by atoms with Gasteiger partial charge in [0.1, 0.15) is 11.9 Å². The van der Waals surface area contributed by atoms with Crippen molar-refractivity contribution in [3.05, 3.63) is 46.5 Å². The maximum atomic E-state index is 12.2. The number of hydrogen-bond donors (Lipinski definition) is 1. The summed E-state index contributed by atoms with van der Waals surface area (Å²) in [5.41, 5.74) is 5.80. The smallest absolute Gasteiger partial charge is 0.351 e. The highest BCUT2D eigenvalue weighted by Gasteiger charge is 2.39. The molecule has 0 unspecified atom stereocenters. The molecule has 9 heteroatoms. The van der Waals surface area contributed by atoms with E-state index < -0.39 is 32.3 Å². The van der Waals surface area contributed by atoms with E-state index in [1.54, 1.807) is 19.1 Å². The fourth-order valence-electron chi connectivity index (χ4n) is 2.48. The molecule has 0 radical (unpaired) electrons. The second kappa shape index (κ2) is 9.06. The first-order chi connectivity index (χ1) is 13.4. The van der Waals surface area contributed by atoms with E-state index in [0.717, 1.165) is 5.57 Å². The summed E-state index contributed by atoms with van der Waals surface area (Å²) in [6, 6.07) is 1.53. The van der Waals surface area contributed by atoms with Gasteiger partial charge in [0.15, 0.2) is 14.5 Å². The van der Waals surface area contributed by atoms with Crippen LogP contribution in [0.3, 0.4) is 0 Å². The Kier molecular flexibility index (Phi) is 7.20. The lowest BCUT2D eigenvalue weighted by Crippen LogP contribution is -2.43. The Morgan fingerprint density at radius 2 is 2.10 bits per heavy atom. The van der Waals surface area contributed by atoms with Crippen LogP contribution in [0.25, 0.3) is 0 Å². The van der Waals surface area contributed by atoms with E-state index in [4.69, 9.17) is 19.6 Å². The Bertz CT molecular complexity index is 854. The topological polar surface area (TPSA) is 106 Å². The van der Waals surface area contributed by atoms with Crippen LogP contribution in [0.2, 0.25) is 18.1 Å². The van der Waals surface area contributed by atoms with Gasteiger partial charge in [-0.2, -0.15) is 4.98 Å². The van der Waals surface area contributed by atoms with Crippen molar-refractivity contribution in [3.8, 4) is 0 Å². The highest BCUT2D eigenvalue weighted by Crippen LogP contribution is 2.37. The van der Waals surface area contributed by atoms with Gasteiger partial charge in [0.25, 0.3) is 0 Å². The lowest BCUT2D eigenvalue weighted by Gasteiger charge is -2.37. The van der Waals surface area contributed by atoms with Crippen LogP contribution in [0.15, 0.2) is 40.9 Å². The molecule has 1 aromatic rings. The zero-order valence-corrected chi connectivity index (χ0v) is 19.0. The molecule has 2 N–H and O–H groups in total. The molecular formula is C20H31N3O5Si. The Morgan fingerprint density at radius 1 is 1.41 bits per heavy atom. The third-order valence-electron chi connectivity index (χ3n) is 5.24. The number of esters is 1. The van der Waals surface area contributed by atoms with E-state index >= 15 is 0 Å². The Balaban J connectivity index is 2.25. The fraction of sp³-hybridized carbons (Fsp3) is 0.550. The normalized spacial score (nSPS) is 20.1. The number of nitrogen functional groups attached to an aromatic ring is 1. The van der Waals surface area contributed by atoms with Crippen LogP contribution in [-0.2, 0) is 18.7 Å². The minimum absolute atomic E-state index is 0.0491. The molecule has 29 heavy (non-hydrogen) atoms. The SMILES string of the molecule is CCOC(=O)C=CC1=C[C@H](n2ccc(N)nc2=O)O[C@@H]1CO[Si](C)(C)C(C)(C)C. The summed E-state index contributed by atoms with van der Waals surface area (Å²) in [5.74, 6) is -0.291. The number of hydrogen-bond acceptors (Lipinski definition) is 7. The van der Waals surface area contributed by atoms with Crippen molar-refractivity contribution in [1.82, 2.24) is 9.55 Å². The predicted octanol–water partition coefficient (Wildman–Crippen LogP) is 2.79. The quantitative estimate of drug-likeness (QED) is 0.410. The van der Waals surface area contributed by atoms with Crippen LogP contribution in [0.1, 0.15) is 33.9 Å². The van der Waals surface area contributed by atoms with E-state index in [2.05, 4.69) is 38.8 Å². The van der Waals surface area contributed by atoms with Crippen molar-refractivity contribution >= 4 is 20.1 Å². The summed E-state index contributed by atoms with van der Waals surface area (Å²) in [7, 11) is -2.00. The molecule has 2 atom stereocenters. The first kappa shape index (κ1) is 23.0. The Hall–Kier alpha value is -2.23. The number of ether oxygens (including phenoxy) is 2. The summed E-state index contributed by atoms with van der Waals surface area (Å²) in [5, 5.41) is 0.0491. The van der Waals surface area contributed by atoms with Crippen LogP contribution < -0.4 is 11.4 Å². The minimum Gasteiger partial charge on any atom is -0.463 e. The van der Waals surface area contributed by atoms with Crippen molar-refractivity contribution in [3.63, 3.8) is 0 Å². The average Bonchev–Trinajstić information content (AvgIpc) is 3.00. The maximum absolute atomic E-state index is 12.2. The van der Waals surface area contributed by atoms with Crippen LogP contribution >= 0.6 is 0 Å². The molecule has 0 spiro atoms. The van der Waals surface area contributed by atoms with Crippen LogP contribution in [0.4, 0.5) is 5.82 Å².